The number of aryl methyl sites for hydroxylation is 1. The molecule has 6 heterocycles. The van der Waals surface area contributed by atoms with Crippen LogP contribution >= 0.6 is 0 Å². The maximum absolute atomic E-state index is 14.0. The number of aromatic amines is 1. The topological polar surface area (TPSA) is 196 Å². The number of methoxy groups -OCH3 is 2. The normalized spacial score (nSPS) is 19.1. The lowest BCUT2D eigenvalue weighted by Crippen LogP contribution is -2.53. The number of carbonyl (C=O) groups is 5. The van der Waals surface area contributed by atoms with Gasteiger partial charge in [-0.25, -0.2) is 14.6 Å². The van der Waals surface area contributed by atoms with Crippen LogP contribution in [0.15, 0.2) is 90.3 Å². The number of para-hydroxylation sites is 1. The van der Waals surface area contributed by atoms with E-state index in [0.717, 1.165) is 86.2 Å². The Morgan fingerprint density at radius 1 is 0.897 bits per heavy atom. The molecule has 1 saturated heterocycles. The molecule has 4 aliphatic rings. The van der Waals surface area contributed by atoms with Crippen molar-refractivity contribution in [3.05, 3.63) is 108 Å². The fourth-order valence-electron chi connectivity index (χ4n) is 9.44. The number of carbonyl (C=O) groups excluding carboxylic acids is 4. The number of ether oxygens (including phenoxy) is 2. The Morgan fingerprint density at radius 3 is 2.32 bits per heavy atom. The van der Waals surface area contributed by atoms with Crippen LogP contribution in [0.5, 0.6) is 0 Å². The summed E-state index contributed by atoms with van der Waals surface area (Å²) in [5.41, 5.74) is 11.0. The lowest BCUT2D eigenvalue weighted by molar-refractivity contribution is -0.192. The van der Waals surface area contributed by atoms with Crippen molar-refractivity contribution in [1.82, 2.24) is 25.2 Å². The van der Waals surface area contributed by atoms with Crippen LogP contribution in [-0.4, -0.2) is 99.5 Å². The highest BCUT2D eigenvalue weighted by atomic mass is 19.4. The van der Waals surface area contributed by atoms with E-state index in [-0.39, 0.29) is 42.2 Å². The predicted octanol–water partition coefficient (Wildman–Crippen LogP) is 8.24. The maximum Gasteiger partial charge on any atom is 0.490 e. The van der Waals surface area contributed by atoms with Crippen LogP contribution in [0.3, 0.4) is 0 Å². The molecule has 0 saturated carbocycles. The molecule has 3 aromatic carbocycles. The third kappa shape index (κ3) is 9.71. The number of hydrogen-bond acceptors (Lipinski definition) is 10. The summed E-state index contributed by atoms with van der Waals surface area (Å²) in [6.07, 6.45) is 4.26. The predicted molar refractivity (Wildman–Crippen MR) is 246 cm³/mol. The molecule has 3 N–H and O–H groups in total. The van der Waals surface area contributed by atoms with E-state index < -0.39 is 30.2 Å². The van der Waals surface area contributed by atoms with Crippen molar-refractivity contribution in [1.29, 1.82) is 0 Å². The van der Waals surface area contributed by atoms with Gasteiger partial charge in [0.15, 0.2) is 0 Å². The SMILES string of the molecule is COC(=O)C[C@H]1CCc2cccc3c2N(C1=O)[C@H](c1ncc(-c2cnc4cc(-c5ccc(C6=CN=C([C@@H]7CCCN7C(=O)[C@@H](NC(=O)OC)C(C)C)C6)cc5)ccc4c2)[nH]1)C3.O=C(O)C(F)(F)F. The molecule has 0 unspecified atom stereocenters. The molecule has 354 valence electrons. The zero-order chi connectivity index (χ0) is 48.4. The Labute approximate surface area is 389 Å². The largest absolute Gasteiger partial charge is 0.490 e. The summed E-state index contributed by atoms with van der Waals surface area (Å²) in [5.74, 6) is -3.16. The Kier molecular flexibility index (Phi) is 13.5. The number of aliphatic carboxylic acids is 1. The Bertz CT molecular complexity index is 2840. The number of esters is 1. The van der Waals surface area contributed by atoms with Gasteiger partial charge in [-0.15, -0.1) is 0 Å². The van der Waals surface area contributed by atoms with Crippen LogP contribution in [0.4, 0.5) is 23.7 Å². The molecule has 4 atom stereocenters. The third-order valence-electron chi connectivity index (χ3n) is 13.0. The number of hydrogen-bond donors (Lipinski definition) is 3. The lowest BCUT2D eigenvalue weighted by Gasteiger charge is -2.31. The second-order valence-electron chi connectivity index (χ2n) is 17.6. The Morgan fingerprint density at radius 2 is 1.62 bits per heavy atom. The number of carboxylic acids is 1. The van der Waals surface area contributed by atoms with Gasteiger partial charge < -0.3 is 34.7 Å². The average Bonchev–Trinajstić information content (AvgIpc) is 4.17. The molecule has 3 amide bonds. The number of likely N-dealkylation sites (tertiary alicyclic amines) is 1. The number of nitrogens with one attached hydrogen (secondary N) is 2. The minimum absolute atomic E-state index is 0.0565. The number of nitrogens with zero attached hydrogens (tertiary/aromatic N) is 5. The smallest absolute Gasteiger partial charge is 0.475 e. The summed E-state index contributed by atoms with van der Waals surface area (Å²) in [7, 11) is 2.66. The zero-order valence-corrected chi connectivity index (χ0v) is 37.8. The number of fused-ring (bicyclic) bond motifs is 1. The Balaban J connectivity index is 0.000000830. The number of amides is 3. The number of alkyl halides is 3. The number of H-pyrrole nitrogens is 1. The number of carboxylic acid groups (broad SMARTS) is 1. The number of halogens is 3. The van der Waals surface area contributed by atoms with Crippen molar-refractivity contribution in [3.8, 4) is 22.4 Å². The van der Waals surface area contributed by atoms with E-state index >= 15 is 0 Å². The molecular formula is C50H50F3N7O8. The van der Waals surface area contributed by atoms with Crippen molar-refractivity contribution in [2.45, 2.75) is 83.1 Å². The van der Waals surface area contributed by atoms with E-state index in [2.05, 4.69) is 71.0 Å². The molecule has 0 bridgehead atoms. The summed E-state index contributed by atoms with van der Waals surface area (Å²) < 4.78 is 41.4. The van der Waals surface area contributed by atoms with Gasteiger partial charge in [0, 0.05) is 54.4 Å². The van der Waals surface area contributed by atoms with Gasteiger partial charge in [0.05, 0.1) is 55.8 Å². The minimum Gasteiger partial charge on any atom is -0.475 e. The van der Waals surface area contributed by atoms with Crippen molar-refractivity contribution in [2.75, 3.05) is 25.7 Å². The molecule has 4 aliphatic heterocycles. The fourth-order valence-corrected chi connectivity index (χ4v) is 9.44. The van der Waals surface area contributed by atoms with Crippen molar-refractivity contribution >= 4 is 57.7 Å². The van der Waals surface area contributed by atoms with Gasteiger partial charge in [-0.05, 0) is 77.1 Å². The molecular weight excluding hydrogens is 884 g/mol. The zero-order valence-electron chi connectivity index (χ0n) is 37.8. The van der Waals surface area contributed by atoms with Gasteiger partial charge in [-0.1, -0.05) is 68.4 Å². The van der Waals surface area contributed by atoms with Gasteiger partial charge in [0.1, 0.15) is 11.9 Å². The first-order valence-corrected chi connectivity index (χ1v) is 22.3. The summed E-state index contributed by atoms with van der Waals surface area (Å²) in [6, 6.07) is 22.0. The third-order valence-corrected chi connectivity index (χ3v) is 13.0. The highest BCUT2D eigenvalue weighted by Gasteiger charge is 2.43. The molecule has 9 rings (SSSR count). The summed E-state index contributed by atoms with van der Waals surface area (Å²) >= 11 is 0. The molecule has 0 spiro atoms. The van der Waals surface area contributed by atoms with Gasteiger partial charge in [-0.2, -0.15) is 13.2 Å². The van der Waals surface area contributed by atoms with Crippen molar-refractivity contribution < 1.29 is 51.7 Å². The van der Waals surface area contributed by atoms with E-state index in [1.165, 1.54) is 14.2 Å². The van der Waals surface area contributed by atoms with Crippen LogP contribution in [0, 0.1) is 11.8 Å². The van der Waals surface area contributed by atoms with Gasteiger partial charge in [-0.3, -0.25) is 24.4 Å². The molecule has 0 aliphatic carbocycles. The number of aromatic nitrogens is 3. The molecule has 0 radical (unpaired) electrons. The van der Waals surface area contributed by atoms with Crippen molar-refractivity contribution in [2.24, 2.45) is 16.8 Å². The summed E-state index contributed by atoms with van der Waals surface area (Å²) in [4.78, 5) is 82.5. The average molecular weight is 934 g/mol. The van der Waals surface area contributed by atoms with Crippen LogP contribution in [-0.2, 0) is 41.5 Å². The first-order chi connectivity index (χ1) is 32.5. The Hall–Kier alpha value is -7.37. The second kappa shape index (κ2) is 19.5. The monoisotopic (exact) mass is 933 g/mol. The number of alkyl carbamates (subject to hydrolysis) is 1. The van der Waals surface area contributed by atoms with E-state index in [4.69, 9.17) is 34.3 Å². The molecule has 1 fully saturated rings. The summed E-state index contributed by atoms with van der Waals surface area (Å²) in [6.45, 7) is 4.46. The number of anilines is 1. The first kappa shape index (κ1) is 47.1. The molecule has 15 nitrogen and oxygen atoms in total. The second-order valence-corrected chi connectivity index (χ2v) is 17.6. The first-order valence-electron chi connectivity index (χ1n) is 22.3. The maximum atomic E-state index is 14.0. The van der Waals surface area contributed by atoms with E-state index in [9.17, 15) is 32.3 Å². The van der Waals surface area contributed by atoms with Gasteiger partial charge >= 0.3 is 24.2 Å². The lowest BCUT2D eigenvalue weighted by atomic mass is 9.95. The number of benzene rings is 3. The molecule has 2 aromatic heterocycles. The van der Waals surface area contributed by atoms with Crippen LogP contribution in [0.2, 0.25) is 0 Å². The standard InChI is InChI=1S/C48H49N7O6.C2HF3O2/c1-27(2)43(53-48(59)61-4)47(58)54-18-6-9-40(54)38-21-35(24-50-38)29-12-10-28(11-13-29)31-15-16-32-19-36(25-49-37(32)20-31)39-26-51-45(52-39)41-22-33-8-5-7-30-14-17-34(23-42(56)60-3)46(57)55(41)44(30)33;3-2(4,5)1(6)7/h5,7-8,10-13,15-16,19-20,24-27,34,40-41,43H,6,9,14,17-18,21-23H2,1-4H3,(H,51,52)(H,53,59);(H,6,7)/t34-,40+,41+,43+;/m1./s1. The molecule has 68 heavy (non-hydrogen) atoms. The number of rotatable bonds is 10. The van der Waals surface area contributed by atoms with E-state index in [0.29, 0.717) is 31.6 Å². The van der Waals surface area contributed by atoms with Crippen molar-refractivity contribution in [3.63, 3.8) is 0 Å². The minimum atomic E-state index is -5.08. The number of aliphatic imine (C=N–C) groups is 1. The van der Waals surface area contributed by atoms with Crippen LogP contribution in [0.1, 0.15) is 74.5 Å². The fraction of sp³-hybridized carbons (Fsp3) is 0.360. The quantitative estimate of drug-likeness (QED) is 0.115. The highest BCUT2D eigenvalue weighted by molar-refractivity contribution is 6.04. The van der Waals surface area contributed by atoms with E-state index in [1.54, 1.807) is 6.20 Å². The number of allylic oxidation sites excluding steroid dienone is 1. The van der Waals surface area contributed by atoms with Crippen LogP contribution < -0.4 is 10.2 Å². The number of pyridine rings is 1. The van der Waals surface area contributed by atoms with Gasteiger partial charge in [0.25, 0.3) is 0 Å². The molecule has 18 heteroatoms. The summed E-state index contributed by atoms with van der Waals surface area (Å²) in [5, 5.41) is 10.8. The number of imidazole rings is 1. The molecule has 5 aromatic rings. The van der Waals surface area contributed by atoms with Gasteiger partial charge in [0.2, 0.25) is 11.8 Å². The highest BCUT2D eigenvalue weighted by Crippen LogP contribution is 2.46. The van der Waals surface area contributed by atoms with E-state index in [1.807, 2.05) is 42.1 Å². The van der Waals surface area contributed by atoms with Crippen LogP contribution in [0.25, 0.3) is 38.9 Å².